The minimum absolute atomic E-state index is 0.120. The topological polar surface area (TPSA) is 64.3 Å². The number of para-hydroxylation sites is 1. The van der Waals surface area contributed by atoms with E-state index in [4.69, 9.17) is 22.7 Å². The van der Waals surface area contributed by atoms with Gasteiger partial charge in [-0.15, -0.1) is 0 Å². The molecule has 2 aromatic carbocycles. The van der Waals surface area contributed by atoms with E-state index in [1.165, 1.54) is 12.1 Å². The molecule has 0 saturated heterocycles. The number of hydrogen-bond acceptors (Lipinski definition) is 3. The Morgan fingerprint density at radius 3 is 2.48 bits per heavy atom. The Balaban J connectivity index is 1.89. The van der Waals surface area contributed by atoms with Crippen LogP contribution in [0.25, 0.3) is 0 Å². The third kappa shape index (κ3) is 4.25. The van der Waals surface area contributed by atoms with Crippen molar-refractivity contribution in [1.82, 2.24) is 0 Å². The maximum absolute atomic E-state index is 13.4. The van der Waals surface area contributed by atoms with Crippen molar-refractivity contribution in [2.45, 2.75) is 0 Å². The first kappa shape index (κ1) is 14.9. The summed E-state index contributed by atoms with van der Waals surface area (Å²) in [6.07, 6.45) is 0. The number of thiocarbonyl (C=S) groups is 1. The molecule has 2 rings (SSSR count). The molecular formula is C15H13FN2O2S. The molecule has 108 valence electrons. The lowest BCUT2D eigenvalue weighted by molar-refractivity contribution is -0.118. The molecule has 0 aliphatic heterocycles. The van der Waals surface area contributed by atoms with Crippen LogP contribution >= 0.6 is 12.2 Å². The van der Waals surface area contributed by atoms with E-state index in [2.05, 4.69) is 5.32 Å². The first-order valence-electron chi connectivity index (χ1n) is 6.13. The molecule has 1 amide bonds. The normalized spacial score (nSPS) is 9.95. The lowest BCUT2D eigenvalue weighted by Crippen LogP contribution is -2.20. The summed E-state index contributed by atoms with van der Waals surface area (Å²) in [5.74, 6) is -0.441. The van der Waals surface area contributed by atoms with Crippen LogP contribution in [0.15, 0.2) is 48.5 Å². The number of nitrogens with two attached hydrogens (primary N) is 1. The molecule has 0 saturated carbocycles. The van der Waals surface area contributed by atoms with Crippen molar-refractivity contribution in [2.24, 2.45) is 5.73 Å². The quantitative estimate of drug-likeness (QED) is 0.833. The van der Waals surface area contributed by atoms with Gasteiger partial charge in [-0.25, -0.2) is 4.39 Å². The molecule has 3 N–H and O–H groups in total. The second-order valence-corrected chi connectivity index (χ2v) is 4.65. The van der Waals surface area contributed by atoms with Gasteiger partial charge in [0.1, 0.15) is 16.6 Å². The van der Waals surface area contributed by atoms with Crippen LogP contribution in [0.2, 0.25) is 0 Å². The van der Waals surface area contributed by atoms with Crippen LogP contribution in [0.5, 0.6) is 5.75 Å². The van der Waals surface area contributed by atoms with Crippen molar-refractivity contribution >= 4 is 28.8 Å². The van der Waals surface area contributed by atoms with E-state index in [9.17, 15) is 9.18 Å². The Labute approximate surface area is 126 Å². The fourth-order valence-electron chi connectivity index (χ4n) is 1.61. The lowest BCUT2D eigenvalue weighted by Gasteiger charge is -2.08. The van der Waals surface area contributed by atoms with Crippen molar-refractivity contribution in [1.29, 1.82) is 0 Å². The fourth-order valence-corrected chi connectivity index (χ4v) is 1.75. The zero-order chi connectivity index (χ0) is 15.2. The molecule has 4 nitrogen and oxygen atoms in total. The molecule has 2 aromatic rings. The van der Waals surface area contributed by atoms with E-state index in [-0.39, 0.29) is 12.3 Å². The maximum Gasteiger partial charge on any atom is 0.262 e. The first-order valence-corrected chi connectivity index (χ1v) is 6.54. The summed E-state index contributed by atoms with van der Waals surface area (Å²) in [7, 11) is 0. The van der Waals surface area contributed by atoms with Crippen LogP contribution in [-0.2, 0) is 4.79 Å². The number of rotatable bonds is 5. The van der Waals surface area contributed by atoms with Crippen molar-refractivity contribution in [3.05, 3.63) is 59.9 Å². The molecule has 0 fully saturated rings. The Morgan fingerprint density at radius 2 is 1.86 bits per heavy atom. The van der Waals surface area contributed by atoms with E-state index in [1.54, 1.807) is 36.4 Å². The summed E-state index contributed by atoms with van der Waals surface area (Å²) >= 11 is 4.83. The van der Waals surface area contributed by atoms with Crippen LogP contribution in [-0.4, -0.2) is 17.5 Å². The van der Waals surface area contributed by atoms with Crippen LogP contribution < -0.4 is 15.8 Å². The number of carbonyl (C=O) groups is 1. The number of amides is 1. The average Bonchev–Trinajstić information content (AvgIpc) is 2.48. The highest BCUT2D eigenvalue weighted by Crippen LogP contribution is 2.14. The zero-order valence-corrected chi connectivity index (χ0v) is 11.8. The van der Waals surface area contributed by atoms with Crippen LogP contribution in [0, 0.1) is 5.82 Å². The molecule has 0 unspecified atom stereocenters. The summed E-state index contributed by atoms with van der Waals surface area (Å²) < 4.78 is 18.6. The molecule has 0 bridgehead atoms. The van der Waals surface area contributed by atoms with Gasteiger partial charge in [-0.1, -0.05) is 24.4 Å². The van der Waals surface area contributed by atoms with Gasteiger partial charge in [0.15, 0.2) is 6.61 Å². The van der Waals surface area contributed by atoms with E-state index in [0.717, 1.165) is 0 Å². The molecule has 0 aromatic heterocycles. The number of halogens is 1. The Hall–Kier alpha value is -2.47. The third-order valence-corrected chi connectivity index (χ3v) is 2.89. The number of nitrogens with one attached hydrogen (secondary N) is 1. The predicted octanol–water partition coefficient (Wildman–Crippen LogP) is 2.48. The Kier molecular flexibility index (Phi) is 4.84. The highest BCUT2D eigenvalue weighted by Gasteiger charge is 2.07. The first-order chi connectivity index (χ1) is 10.1. The van der Waals surface area contributed by atoms with Gasteiger partial charge in [0, 0.05) is 5.56 Å². The lowest BCUT2D eigenvalue weighted by atomic mass is 10.2. The number of ether oxygens (including phenoxy) is 1. The molecule has 0 atom stereocenters. The summed E-state index contributed by atoms with van der Waals surface area (Å²) in [5.41, 5.74) is 6.31. The van der Waals surface area contributed by atoms with Crippen molar-refractivity contribution < 1.29 is 13.9 Å². The highest BCUT2D eigenvalue weighted by molar-refractivity contribution is 7.80. The Bertz CT molecular complexity index is 659. The van der Waals surface area contributed by atoms with Gasteiger partial charge in [-0.05, 0) is 36.4 Å². The monoisotopic (exact) mass is 304 g/mol. The largest absolute Gasteiger partial charge is 0.484 e. The molecule has 0 spiro atoms. The van der Waals surface area contributed by atoms with E-state index < -0.39 is 11.7 Å². The Morgan fingerprint density at radius 1 is 1.19 bits per heavy atom. The van der Waals surface area contributed by atoms with Crippen molar-refractivity contribution in [2.75, 3.05) is 11.9 Å². The SMILES string of the molecule is NC(=S)c1ccc(OCC(=O)Nc2ccccc2F)cc1. The van der Waals surface area contributed by atoms with E-state index >= 15 is 0 Å². The molecule has 0 radical (unpaired) electrons. The molecule has 21 heavy (non-hydrogen) atoms. The van der Waals surface area contributed by atoms with Gasteiger partial charge in [0.2, 0.25) is 0 Å². The van der Waals surface area contributed by atoms with Gasteiger partial charge in [-0.3, -0.25) is 4.79 Å². The highest BCUT2D eigenvalue weighted by atomic mass is 32.1. The van der Waals surface area contributed by atoms with Gasteiger partial charge < -0.3 is 15.8 Å². The van der Waals surface area contributed by atoms with Crippen LogP contribution in [0.3, 0.4) is 0 Å². The number of anilines is 1. The van der Waals surface area contributed by atoms with E-state index in [1.807, 2.05) is 0 Å². The smallest absolute Gasteiger partial charge is 0.262 e. The minimum Gasteiger partial charge on any atom is -0.484 e. The van der Waals surface area contributed by atoms with Crippen LogP contribution in [0.1, 0.15) is 5.56 Å². The van der Waals surface area contributed by atoms with Gasteiger partial charge in [0.05, 0.1) is 5.69 Å². The molecule has 0 aliphatic carbocycles. The summed E-state index contributed by atoms with van der Waals surface area (Å²) in [5, 5.41) is 2.43. The minimum atomic E-state index is -0.494. The zero-order valence-electron chi connectivity index (χ0n) is 11.0. The predicted molar refractivity (Wildman–Crippen MR) is 82.9 cm³/mol. The molecular weight excluding hydrogens is 291 g/mol. The molecule has 0 aliphatic rings. The molecule has 6 heteroatoms. The summed E-state index contributed by atoms with van der Waals surface area (Å²) in [6.45, 7) is -0.221. The second kappa shape index (κ2) is 6.81. The van der Waals surface area contributed by atoms with Gasteiger partial charge in [-0.2, -0.15) is 0 Å². The van der Waals surface area contributed by atoms with Gasteiger partial charge in [0.25, 0.3) is 5.91 Å². The second-order valence-electron chi connectivity index (χ2n) is 4.21. The number of hydrogen-bond donors (Lipinski definition) is 2. The maximum atomic E-state index is 13.4. The van der Waals surface area contributed by atoms with Crippen molar-refractivity contribution in [3.63, 3.8) is 0 Å². The van der Waals surface area contributed by atoms with Crippen LogP contribution in [0.4, 0.5) is 10.1 Å². The summed E-state index contributed by atoms with van der Waals surface area (Å²) in [6, 6.07) is 12.6. The summed E-state index contributed by atoms with van der Waals surface area (Å²) in [4.78, 5) is 12.0. The average molecular weight is 304 g/mol. The number of carbonyl (C=O) groups excluding carboxylic acids is 1. The van der Waals surface area contributed by atoms with E-state index in [0.29, 0.717) is 16.3 Å². The fraction of sp³-hybridized carbons (Fsp3) is 0.0667. The van der Waals surface area contributed by atoms with Gasteiger partial charge >= 0.3 is 0 Å². The third-order valence-electron chi connectivity index (χ3n) is 2.66. The number of benzene rings is 2. The van der Waals surface area contributed by atoms with Crippen molar-refractivity contribution in [3.8, 4) is 5.75 Å². The standard InChI is InChI=1S/C15H13FN2O2S/c16-12-3-1-2-4-13(12)18-14(19)9-20-11-7-5-10(6-8-11)15(17)21/h1-8H,9H2,(H2,17,21)(H,18,19). The molecule has 0 heterocycles.